The summed E-state index contributed by atoms with van der Waals surface area (Å²) in [5.74, 6) is -1.73. The molecule has 3 amide bonds. The lowest BCUT2D eigenvalue weighted by atomic mass is 10.2. The summed E-state index contributed by atoms with van der Waals surface area (Å²) in [4.78, 5) is 28.0. The van der Waals surface area contributed by atoms with E-state index in [4.69, 9.17) is 0 Å². The normalized spacial score (nSPS) is 11.9. The van der Waals surface area contributed by atoms with E-state index < -0.39 is 28.8 Å². The first-order valence-corrected chi connectivity index (χ1v) is 9.30. The zero-order valence-corrected chi connectivity index (χ0v) is 14.7. The number of urea groups is 1. The van der Waals surface area contributed by atoms with Crippen molar-refractivity contribution in [1.82, 2.24) is 10.3 Å². The standard InChI is InChI=1S/C16H12FN3O4S2/c17-11-4-2-1-3-10(11)14(21)19-15(22)20-16-18-12-6-5-9(8-26(23)24)7-13(12)25-16/h1-7H,8H2,(H,23,24)(H2,18,19,20,21,22)/p-1. The predicted octanol–water partition coefficient (Wildman–Crippen LogP) is 2.78. The van der Waals surface area contributed by atoms with Gasteiger partial charge in [0.15, 0.2) is 5.13 Å². The molecule has 0 spiro atoms. The Labute approximate surface area is 153 Å². The van der Waals surface area contributed by atoms with Gasteiger partial charge in [0.2, 0.25) is 0 Å². The van der Waals surface area contributed by atoms with Crippen molar-refractivity contribution in [3.63, 3.8) is 0 Å². The second-order valence-corrected chi connectivity index (χ2v) is 7.08. The lowest BCUT2D eigenvalue weighted by Gasteiger charge is -2.04. The summed E-state index contributed by atoms with van der Waals surface area (Å²) in [7, 11) is 0. The number of carbonyl (C=O) groups excluding carboxylic acids is 2. The monoisotopic (exact) mass is 392 g/mol. The van der Waals surface area contributed by atoms with Gasteiger partial charge in [-0.2, -0.15) is 0 Å². The van der Waals surface area contributed by atoms with Crippen LogP contribution in [0.3, 0.4) is 0 Å². The lowest BCUT2D eigenvalue weighted by Crippen LogP contribution is -2.34. The Kier molecular flexibility index (Phi) is 5.35. The number of benzene rings is 2. The van der Waals surface area contributed by atoms with Gasteiger partial charge in [-0.15, -0.1) is 0 Å². The highest BCUT2D eigenvalue weighted by Gasteiger charge is 2.15. The molecular formula is C16H11FN3O4S2-. The highest BCUT2D eigenvalue weighted by molar-refractivity contribution is 7.78. The fourth-order valence-corrected chi connectivity index (χ4v) is 3.57. The average molecular weight is 392 g/mol. The van der Waals surface area contributed by atoms with Crippen LogP contribution < -0.4 is 10.6 Å². The average Bonchev–Trinajstić information content (AvgIpc) is 2.95. The number of fused-ring (bicyclic) bond motifs is 1. The van der Waals surface area contributed by atoms with E-state index >= 15 is 0 Å². The predicted molar refractivity (Wildman–Crippen MR) is 95.1 cm³/mol. The minimum absolute atomic E-state index is 0.117. The molecule has 0 radical (unpaired) electrons. The number of hydrogen-bond acceptors (Lipinski definition) is 6. The molecule has 3 rings (SSSR count). The van der Waals surface area contributed by atoms with Crippen molar-refractivity contribution in [3.8, 4) is 0 Å². The number of hydrogen-bond donors (Lipinski definition) is 2. The lowest BCUT2D eigenvalue weighted by molar-refractivity contribution is 0.0963. The van der Waals surface area contributed by atoms with Crippen molar-refractivity contribution >= 4 is 49.7 Å². The number of halogens is 1. The maximum Gasteiger partial charge on any atom is 0.327 e. The van der Waals surface area contributed by atoms with Gasteiger partial charge in [-0.05, 0) is 29.8 Å². The molecule has 1 atom stereocenters. The van der Waals surface area contributed by atoms with Crippen LogP contribution in [0.25, 0.3) is 10.2 Å². The third-order valence-corrected chi connectivity index (χ3v) is 4.81. The second-order valence-electron chi connectivity index (χ2n) is 5.16. The van der Waals surface area contributed by atoms with Crippen molar-refractivity contribution in [2.75, 3.05) is 5.32 Å². The molecule has 0 saturated carbocycles. The van der Waals surface area contributed by atoms with Crippen LogP contribution >= 0.6 is 11.3 Å². The second kappa shape index (κ2) is 7.68. The van der Waals surface area contributed by atoms with E-state index in [0.29, 0.717) is 15.8 Å². The number of nitrogens with zero attached hydrogens (tertiary/aromatic N) is 1. The van der Waals surface area contributed by atoms with E-state index in [1.165, 1.54) is 18.2 Å². The van der Waals surface area contributed by atoms with Gasteiger partial charge in [0.1, 0.15) is 5.82 Å². The maximum atomic E-state index is 13.5. The van der Waals surface area contributed by atoms with Gasteiger partial charge in [-0.25, -0.2) is 14.2 Å². The fraction of sp³-hybridized carbons (Fsp3) is 0.0625. The Morgan fingerprint density at radius 2 is 2.00 bits per heavy atom. The Bertz CT molecular complexity index is 1020. The number of aromatic nitrogens is 1. The molecule has 7 nitrogen and oxygen atoms in total. The fourth-order valence-electron chi connectivity index (χ4n) is 2.19. The topological polar surface area (TPSA) is 111 Å². The first-order valence-electron chi connectivity index (χ1n) is 7.24. The molecule has 1 aromatic heterocycles. The smallest absolute Gasteiger partial charge is 0.327 e. The summed E-state index contributed by atoms with van der Waals surface area (Å²) in [5, 5.41) is 4.65. The number of amides is 3. The minimum Gasteiger partial charge on any atom is -0.772 e. The maximum absolute atomic E-state index is 13.5. The number of rotatable bonds is 4. The number of thiazole rings is 1. The van der Waals surface area contributed by atoms with Gasteiger partial charge in [-0.1, -0.05) is 40.6 Å². The first-order chi connectivity index (χ1) is 12.4. The van der Waals surface area contributed by atoms with Gasteiger partial charge in [-0.3, -0.25) is 19.6 Å². The Morgan fingerprint density at radius 1 is 1.23 bits per heavy atom. The van der Waals surface area contributed by atoms with Crippen molar-refractivity contribution in [2.45, 2.75) is 5.75 Å². The molecule has 2 aromatic carbocycles. The molecule has 0 bridgehead atoms. The molecule has 0 aliphatic heterocycles. The number of imide groups is 1. The molecule has 2 N–H and O–H groups in total. The third kappa shape index (κ3) is 4.28. The van der Waals surface area contributed by atoms with Crippen LogP contribution in [0.1, 0.15) is 15.9 Å². The molecule has 1 unspecified atom stereocenters. The number of carbonyl (C=O) groups is 2. The zero-order valence-electron chi connectivity index (χ0n) is 13.0. The Hall–Kier alpha value is -2.69. The van der Waals surface area contributed by atoms with E-state index in [-0.39, 0.29) is 16.4 Å². The van der Waals surface area contributed by atoms with Crippen LogP contribution in [0.15, 0.2) is 42.5 Å². The summed E-state index contributed by atoms with van der Waals surface area (Å²) < 4.78 is 35.7. The third-order valence-electron chi connectivity index (χ3n) is 3.30. The van der Waals surface area contributed by atoms with Crippen molar-refractivity contribution < 1.29 is 22.7 Å². The van der Waals surface area contributed by atoms with Gasteiger partial charge in [0, 0.05) is 5.75 Å². The van der Waals surface area contributed by atoms with E-state index in [0.717, 1.165) is 17.4 Å². The molecule has 0 saturated heterocycles. The van der Waals surface area contributed by atoms with E-state index in [9.17, 15) is 22.7 Å². The largest absolute Gasteiger partial charge is 0.772 e. The number of nitrogens with one attached hydrogen (secondary N) is 2. The SMILES string of the molecule is O=C(NC(=O)c1ccccc1F)Nc1nc2ccc(CS(=O)[O-])cc2s1. The van der Waals surface area contributed by atoms with Gasteiger partial charge >= 0.3 is 6.03 Å². The van der Waals surface area contributed by atoms with Crippen molar-refractivity contribution in [3.05, 3.63) is 59.4 Å². The van der Waals surface area contributed by atoms with Crippen LogP contribution in [-0.2, 0) is 16.8 Å². The summed E-state index contributed by atoms with van der Waals surface area (Å²) in [6.45, 7) is 0. The molecule has 3 aromatic rings. The molecular weight excluding hydrogens is 381 g/mol. The molecule has 1 heterocycles. The zero-order chi connectivity index (χ0) is 18.7. The summed E-state index contributed by atoms with van der Waals surface area (Å²) in [6.07, 6.45) is 0. The minimum atomic E-state index is -2.20. The quantitative estimate of drug-likeness (QED) is 0.663. The molecule has 134 valence electrons. The highest BCUT2D eigenvalue weighted by atomic mass is 32.2. The molecule has 26 heavy (non-hydrogen) atoms. The summed E-state index contributed by atoms with van der Waals surface area (Å²) in [6, 6.07) is 9.38. The van der Waals surface area contributed by atoms with Gasteiger partial charge < -0.3 is 4.55 Å². The van der Waals surface area contributed by atoms with Crippen LogP contribution in [0.4, 0.5) is 14.3 Å². The summed E-state index contributed by atoms with van der Waals surface area (Å²) >= 11 is -1.08. The van der Waals surface area contributed by atoms with E-state index in [1.807, 2.05) is 5.32 Å². The first kappa shape index (κ1) is 18.1. The Morgan fingerprint density at radius 3 is 2.73 bits per heavy atom. The van der Waals surface area contributed by atoms with Crippen molar-refractivity contribution in [1.29, 1.82) is 0 Å². The Balaban J connectivity index is 1.70. The molecule has 0 fully saturated rings. The number of anilines is 1. The summed E-state index contributed by atoms with van der Waals surface area (Å²) in [5.41, 5.74) is 0.925. The van der Waals surface area contributed by atoms with Crippen molar-refractivity contribution in [2.24, 2.45) is 0 Å². The molecule has 0 aliphatic rings. The van der Waals surface area contributed by atoms with Crippen LogP contribution in [0.5, 0.6) is 0 Å². The molecule has 0 aliphatic carbocycles. The van der Waals surface area contributed by atoms with Crippen LogP contribution in [-0.4, -0.2) is 25.7 Å². The highest BCUT2D eigenvalue weighted by Crippen LogP contribution is 2.27. The van der Waals surface area contributed by atoms with Gasteiger partial charge in [0.05, 0.1) is 15.8 Å². The molecule has 10 heteroatoms. The van der Waals surface area contributed by atoms with Crippen LogP contribution in [0.2, 0.25) is 0 Å². The van der Waals surface area contributed by atoms with Crippen LogP contribution in [0, 0.1) is 5.82 Å². The van der Waals surface area contributed by atoms with Gasteiger partial charge in [0.25, 0.3) is 5.91 Å². The van der Waals surface area contributed by atoms with E-state index in [1.54, 1.807) is 18.2 Å². The van der Waals surface area contributed by atoms with E-state index in [2.05, 4.69) is 10.3 Å².